The van der Waals surface area contributed by atoms with Gasteiger partial charge in [-0.25, -0.2) is 4.79 Å². The van der Waals surface area contributed by atoms with Gasteiger partial charge in [0.15, 0.2) is 23.9 Å². The molecule has 0 atom stereocenters. The van der Waals surface area contributed by atoms with Gasteiger partial charge >= 0.3 is 5.97 Å². The first-order valence-electron chi connectivity index (χ1n) is 5.87. The van der Waals surface area contributed by atoms with Crippen LogP contribution in [0, 0.1) is 0 Å². The fourth-order valence-corrected chi connectivity index (χ4v) is 1.75. The lowest BCUT2D eigenvalue weighted by atomic mass is 10.1. The van der Waals surface area contributed by atoms with Crippen LogP contribution in [0.3, 0.4) is 0 Å². The summed E-state index contributed by atoms with van der Waals surface area (Å²) in [5.41, 5.74) is 0.390. The molecule has 1 aromatic heterocycles. The zero-order valence-corrected chi connectivity index (χ0v) is 10.3. The van der Waals surface area contributed by atoms with Gasteiger partial charge in [0, 0.05) is 5.56 Å². The van der Waals surface area contributed by atoms with Gasteiger partial charge in [-0.15, -0.1) is 0 Å². The number of fused-ring (bicyclic) bond motifs is 1. The lowest BCUT2D eigenvalue weighted by Crippen LogP contribution is -2.13. The smallest absolute Gasteiger partial charge is 0.374 e. The number of carbonyl (C=O) groups is 2. The van der Waals surface area contributed by atoms with E-state index in [1.807, 2.05) is 0 Å². The molecule has 6 nitrogen and oxygen atoms in total. The molecule has 3 rings (SSSR count). The lowest BCUT2D eigenvalue weighted by molar-refractivity contribution is 0.0444. The maximum Gasteiger partial charge on any atom is 0.374 e. The highest BCUT2D eigenvalue weighted by Gasteiger charge is 2.18. The zero-order chi connectivity index (χ0) is 13.9. The third-order valence-corrected chi connectivity index (χ3v) is 2.75. The Hall–Kier alpha value is -2.76. The SMILES string of the molecule is O=C(COC(=O)c1ccco1)c1ccc2c(c1)OCO2. The highest BCUT2D eigenvalue weighted by Crippen LogP contribution is 2.32. The van der Waals surface area contributed by atoms with Crippen molar-refractivity contribution in [2.75, 3.05) is 13.4 Å². The number of esters is 1. The molecule has 0 bridgehead atoms. The zero-order valence-electron chi connectivity index (χ0n) is 10.3. The number of ether oxygens (including phenoxy) is 3. The minimum Gasteiger partial charge on any atom is -0.457 e. The topological polar surface area (TPSA) is 75.0 Å². The minimum atomic E-state index is -0.677. The number of furan rings is 1. The van der Waals surface area contributed by atoms with E-state index in [9.17, 15) is 9.59 Å². The fraction of sp³-hybridized carbons (Fsp3) is 0.143. The molecule has 0 saturated carbocycles. The van der Waals surface area contributed by atoms with Crippen LogP contribution in [0.1, 0.15) is 20.9 Å². The third kappa shape index (κ3) is 2.35. The first kappa shape index (κ1) is 12.3. The Morgan fingerprint density at radius 3 is 2.80 bits per heavy atom. The predicted octanol–water partition coefficient (Wildman–Crippen LogP) is 2.05. The molecule has 1 aliphatic rings. The van der Waals surface area contributed by atoms with Gasteiger partial charge in [-0.05, 0) is 30.3 Å². The van der Waals surface area contributed by atoms with Crippen LogP contribution in [0.4, 0.5) is 0 Å². The van der Waals surface area contributed by atoms with Gasteiger partial charge < -0.3 is 18.6 Å². The number of ketones is 1. The highest BCUT2D eigenvalue weighted by molar-refractivity contribution is 5.99. The van der Waals surface area contributed by atoms with Gasteiger partial charge in [0.05, 0.1) is 6.26 Å². The lowest BCUT2D eigenvalue weighted by Gasteiger charge is -2.03. The summed E-state index contributed by atoms with van der Waals surface area (Å²) < 4.78 is 20.1. The van der Waals surface area contributed by atoms with E-state index in [4.69, 9.17) is 18.6 Å². The molecular formula is C14H10O6. The van der Waals surface area contributed by atoms with E-state index in [0.29, 0.717) is 17.1 Å². The van der Waals surface area contributed by atoms with Crippen molar-refractivity contribution in [2.24, 2.45) is 0 Å². The number of hydrogen-bond acceptors (Lipinski definition) is 6. The Morgan fingerprint density at radius 2 is 2.00 bits per heavy atom. The van der Waals surface area contributed by atoms with Crippen molar-refractivity contribution in [3.63, 3.8) is 0 Å². The number of Topliss-reactive ketones (excluding diaryl/α,β-unsaturated/α-hetero) is 1. The third-order valence-electron chi connectivity index (χ3n) is 2.75. The summed E-state index contributed by atoms with van der Waals surface area (Å²) in [6.07, 6.45) is 1.36. The van der Waals surface area contributed by atoms with E-state index in [-0.39, 0.29) is 24.9 Å². The van der Waals surface area contributed by atoms with Crippen molar-refractivity contribution in [1.82, 2.24) is 0 Å². The van der Waals surface area contributed by atoms with Crippen molar-refractivity contribution in [3.05, 3.63) is 47.9 Å². The molecule has 102 valence electrons. The molecule has 6 heteroatoms. The highest BCUT2D eigenvalue weighted by atomic mass is 16.7. The summed E-state index contributed by atoms with van der Waals surface area (Å²) in [5, 5.41) is 0. The molecule has 20 heavy (non-hydrogen) atoms. The maximum atomic E-state index is 11.9. The summed E-state index contributed by atoms with van der Waals surface area (Å²) in [4.78, 5) is 23.4. The Morgan fingerprint density at radius 1 is 1.15 bits per heavy atom. The Bertz CT molecular complexity index is 644. The van der Waals surface area contributed by atoms with Crippen molar-refractivity contribution in [2.45, 2.75) is 0 Å². The monoisotopic (exact) mass is 274 g/mol. The molecule has 0 saturated heterocycles. The van der Waals surface area contributed by atoms with Crippen molar-refractivity contribution >= 4 is 11.8 Å². The van der Waals surface area contributed by atoms with Gasteiger partial charge in [-0.3, -0.25) is 4.79 Å². The summed E-state index contributed by atoms with van der Waals surface area (Å²) in [6.45, 7) is -0.223. The second kappa shape index (κ2) is 5.08. The van der Waals surface area contributed by atoms with Crippen LogP contribution >= 0.6 is 0 Å². The summed E-state index contributed by atoms with van der Waals surface area (Å²) in [5.74, 6) is 0.151. The van der Waals surface area contributed by atoms with Gasteiger partial charge in [-0.1, -0.05) is 0 Å². The average molecular weight is 274 g/mol. The van der Waals surface area contributed by atoms with Gasteiger partial charge in [0.25, 0.3) is 0 Å². The molecule has 0 N–H and O–H groups in total. The van der Waals surface area contributed by atoms with E-state index >= 15 is 0 Å². The summed E-state index contributed by atoms with van der Waals surface area (Å²) >= 11 is 0. The van der Waals surface area contributed by atoms with E-state index in [1.54, 1.807) is 24.3 Å². The molecule has 0 fully saturated rings. The van der Waals surface area contributed by atoms with Crippen LogP contribution in [-0.4, -0.2) is 25.2 Å². The molecule has 2 heterocycles. The van der Waals surface area contributed by atoms with E-state index in [2.05, 4.69) is 0 Å². The van der Waals surface area contributed by atoms with E-state index in [1.165, 1.54) is 12.3 Å². The Labute approximate surface area is 113 Å². The van der Waals surface area contributed by atoms with Crippen molar-refractivity contribution in [3.8, 4) is 11.5 Å². The second-order valence-corrected chi connectivity index (χ2v) is 4.04. The van der Waals surface area contributed by atoms with E-state index < -0.39 is 5.97 Å². The van der Waals surface area contributed by atoms with E-state index in [0.717, 1.165) is 0 Å². The molecule has 0 radical (unpaired) electrons. The summed E-state index contributed by atoms with van der Waals surface area (Å²) in [6, 6.07) is 7.83. The number of benzene rings is 1. The predicted molar refractivity (Wildman–Crippen MR) is 65.9 cm³/mol. The van der Waals surface area contributed by atoms with Crippen molar-refractivity contribution in [1.29, 1.82) is 0 Å². The molecule has 0 amide bonds. The first-order valence-corrected chi connectivity index (χ1v) is 5.87. The molecule has 2 aromatic rings. The molecule has 0 unspecified atom stereocenters. The van der Waals surface area contributed by atoms with Crippen LogP contribution in [0.5, 0.6) is 11.5 Å². The number of rotatable bonds is 4. The van der Waals surface area contributed by atoms with Crippen molar-refractivity contribution < 1.29 is 28.2 Å². The van der Waals surface area contributed by atoms with Crippen LogP contribution in [0.15, 0.2) is 41.0 Å². The Kier molecular flexibility index (Phi) is 3.12. The molecule has 0 aliphatic carbocycles. The molecule has 1 aliphatic heterocycles. The molecule has 1 aromatic carbocycles. The molecular weight excluding hydrogens is 264 g/mol. The summed E-state index contributed by atoms with van der Waals surface area (Å²) in [7, 11) is 0. The first-order chi connectivity index (χ1) is 9.74. The second-order valence-electron chi connectivity index (χ2n) is 4.04. The Balaban J connectivity index is 1.63. The van der Waals surface area contributed by atoms with Crippen LogP contribution in [0.2, 0.25) is 0 Å². The number of carbonyl (C=O) groups excluding carboxylic acids is 2. The molecule has 0 spiro atoms. The normalized spacial score (nSPS) is 12.2. The van der Waals surface area contributed by atoms with Crippen LogP contribution in [0.25, 0.3) is 0 Å². The fourth-order valence-electron chi connectivity index (χ4n) is 1.75. The maximum absolute atomic E-state index is 11.9. The van der Waals surface area contributed by atoms with Gasteiger partial charge in [0.2, 0.25) is 12.6 Å². The average Bonchev–Trinajstić information content (AvgIpc) is 3.13. The van der Waals surface area contributed by atoms with Crippen LogP contribution in [-0.2, 0) is 4.74 Å². The van der Waals surface area contributed by atoms with Crippen LogP contribution < -0.4 is 9.47 Å². The quantitative estimate of drug-likeness (QED) is 0.627. The number of hydrogen-bond donors (Lipinski definition) is 0. The standard InChI is InChI=1S/C14H10O6/c15-10(7-18-14(16)12-2-1-5-17-12)9-3-4-11-13(6-9)20-8-19-11/h1-6H,7-8H2. The van der Waals surface area contributed by atoms with Gasteiger partial charge in [-0.2, -0.15) is 0 Å². The largest absolute Gasteiger partial charge is 0.457 e. The van der Waals surface area contributed by atoms with Gasteiger partial charge in [0.1, 0.15) is 0 Å². The minimum absolute atomic E-state index is 0.0588.